The summed E-state index contributed by atoms with van der Waals surface area (Å²) in [5.74, 6) is 0.738. The van der Waals surface area contributed by atoms with Crippen molar-refractivity contribution in [3.8, 4) is 11.5 Å². The number of ketones is 1. The molecule has 1 aliphatic rings. The average molecular weight is 250 g/mol. The van der Waals surface area contributed by atoms with E-state index in [9.17, 15) is 9.59 Å². The lowest BCUT2D eigenvalue weighted by molar-refractivity contribution is -0.143. The molecule has 0 atom stereocenters. The first-order valence-corrected chi connectivity index (χ1v) is 5.79. The number of rotatable bonds is 5. The maximum absolute atomic E-state index is 11.8. The van der Waals surface area contributed by atoms with Crippen LogP contribution in [0, 0.1) is 0 Å². The highest BCUT2D eigenvalue weighted by Crippen LogP contribution is 2.32. The zero-order chi connectivity index (χ0) is 13.0. The summed E-state index contributed by atoms with van der Waals surface area (Å²) in [5, 5.41) is 0. The SMILES string of the molecule is CCOC(=O)CCC(=O)c1ccc2c(c1)OCO2. The Bertz CT molecular complexity index is 466. The lowest BCUT2D eigenvalue weighted by Crippen LogP contribution is -2.07. The van der Waals surface area contributed by atoms with Crippen LogP contribution in [0.3, 0.4) is 0 Å². The van der Waals surface area contributed by atoms with E-state index >= 15 is 0 Å². The molecule has 2 rings (SSSR count). The topological polar surface area (TPSA) is 61.8 Å². The summed E-state index contributed by atoms with van der Waals surface area (Å²) in [6.07, 6.45) is 0.236. The van der Waals surface area contributed by atoms with Crippen LogP contribution in [0.4, 0.5) is 0 Å². The number of carbonyl (C=O) groups is 2. The molecule has 5 nitrogen and oxygen atoms in total. The van der Waals surface area contributed by atoms with Gasteiger partial charge in [-0.1, -0.05) is 0 Å². The van der Waals surface area contributed by atoms with Gasteiger partial charge < -0.3 is 14.2 Å². The highest BCUT2D eigenvalue weighted by molar-refractivity contribution is 5.98. The number of hydrogen-bond donors (Lipinski definition) is 0. The van der Waals surface area contributed by atoms with Crippen molar-refractivity contribution < 1.29 is 23.8 Å². The summed E-state index contributed by atoms with van der Waals surface area (Å²) < 4.78 is 15.1. The van der Waals surface area contributed by atoms with Crippen molar-refractivity contribution >= 4 is 11.8 Å². The van der Waals surface area contributed by atoms with Crippen LogP contribution in [0.15, 0.2) is 18.2 Å². The molecule has 0 radical (unpaired) electrons. The van der Waals surface area contributed by atoms with E-state index in [0.29, 0.717) is 23.7 Å². The number of carbonyl (C=O) groups excluding carboxylic acids is 2. The highest BCUT2D eigenvalue weighted by Gasteiger charge is 2.16. The quantitative estimate of drug-likeness (QED) is 0.590. The zero-order valence-corrected chi connectivity index (χ0v) is 10.1. The molecule has 0 saturated heterocycles. The number of Topliss-reactive ketones (excluding diaryl/α,β-unsaturated/α-hetero) is 1. The fourth-order valence-electron chi connectivity index (χ4n) is 1.66. The van der Waals surface area contributed by atoms with Gasteiger partial charge in [0.1, 0.15) is 0 Å². The second-order valence-electron chi connectivity index (χ2n) is 3.80. The van der Waals surface area contributed by atoms with Crippen LogP contribution in [0.1, 0.15) is 30.1 Å². The number of hydrogen-bond acceptors (Lipinski definition) is 5. The van der Waals surface area contributed by atoms with Gasteiger partial charge in [-0.15, -0.1) is 0 Å². The van der Waals surface area contributed by atoms with Crippen molar-refractivity contribution in [1.82, 2.24) is 0 Å². The molecule has 0 aliphatic carbocycles. The van der Waals surface area contributed by atoms with Gasteiger partial charge in [-0.25, -0.2) is 0 Å². The summed E-state index contributed by atoms with van der Waals surface area (Å²) in [6, 6.07) is 5.00. The van der Waals surface area contributed by atoms with Crippen molar-refractivity contribution in [1.29, 1.82) is 0 Å². The Morgan fingerprint density at radius 3 is 2.78 bits per heavy atom. The average Bonchev–Trinajstić information content (AvgIpc) is 2.83. The standard InChI is InChI=1S/C13H14O5/c1-2-16-13(15)6-4-10(14)9-3-5-11-12(7-9)18-8-17-11/h3,5,7H,2,4,6,8H2,1H3. The van der Waals surface area contributed by atoms with Gasteiger partial charge in [0.05, 0.1) is 13.0 Å². The van der Waals surface area contributed by atoms with E-state index in [2.05, 4.69) is 0 Å². The Hall–Kier alpha value is -2.04. The van der Waals surface area contributed by atoms with Crippen molar-refractivity contribution in [2.24, 2.45) is 0 Å². The molecule has 0 aromatic heterocycles. The van der Waals surface area contributed by atoms with Crippen molar-refractivity contribution in [3.63, 3.8) is 0 Å². The molecule has 1 heterocycles. The molecule has 1 aromatic rings. The van der Waals surface area contributed by atoms with Crippen LogP contribution in [-0.2, 0) is 9.53 Å². The molecule has 0 N–H and O–H groups in total. The van der Waals surface area contributed by atoms with Gasteiger partial charge in [0.2, 0.25) is 6.79 Å². The largest absolute Gasteiger partial charge is 0.466 e. The molecule has 0 fully saturated rings. The van der Waals surface area contributed by atoms with Crippen molar-refractivity contribution in [2.75, 3.05) is 13.4 Å². The minimum atomic E-state index is -0.355. The fourth-order valence-corrected chi connectivity index (χ4v) is 1.66. The van der Waals surface area contributed by atoms with Crippen LogP contribution >= 0.6 is 0 Å². The van der Waals surface area contributed by atoms with E-state index in [-0.39, 0.29) is 31.4 Å². The zero-order valence-electron chi connectivity index (χ0n) is 10.1. The fraction of sp³-hybridized carbons (Fsp3) is 0.385. The van der Waals surface area contributed by atoms with Crippen molar-refractivity contribution in [3.05, 3.63) is 23.8 Å². The van der Waals surface area contributed by atoms with Gasteiger partial charge in [-0.05, 0) is 25.1 Å². The van der Waals surface area contributed by atoms with Crippen LogP contribution in [0.2, 0.25) is 0 Å². The minimum Gasteiger partial charge on any atom is -0.466 e. The number of fused-ring (bicyclic) bond motifs is 1. The van der Waals surface area contributed by atoms with E-state index in [4.69, 9.17) is 14.2 Å². The van der Waals surface area contributed by atoms with Gasteiger partial charge in [0, 0.05) is 12.0 Å². The van der Waals surface area contributed by atoms with E-state index in [1.165, 1.54) is 0 Å². The monoisotopic (exact) mass is 250 g/mol. The smallest absolute Gasteiger partial charge is 0.306 e. The third kappa shape index (κ3) is 2.80. The molecule has 5 heteroatoms. The number of benzene rings is 1. The van der Waals surface area contributed by atoms with E-state index in [1.807, 2.05) is 0 Å². The predicted octanol–water partition coefficient (Wildman–Crippen LogP) is 1.94. The van der Waals surface area contributed by atoms with Crippen LogP contribution in [0.5, 0.6) is 11.5 Å². The van der Waals surface area contributed by atoms with E-state index in [1.54, 1.807) is 25.1 Å². The second-order valence-corrected chi connectivity index (χ2v) is 3.80. The molecule has 0 unspecified atom stereocenters. The summed E-state index contributed by atoms with van der Waals surface area (Å²) in [5.41, 5.74) is 0.517. The normalized spacial score (nSPS) is 12.3. The van der Waals surface area contributed by atoms with Crippen LogP contribution < -0.4 is 9.47 Å². The Labute approximate surface area is 105 Å². The Kier molecular flexibility index (Phi) is 3.82. The Morgan fingerprint density at radius 2 is 2.00 bits per heavy atom. The van der Waals surface area contributed by atoms with Gasteiger partial charge >= 0.3 is 5.97 Å². The molecule has 1 aliphatic heterocycles. The summed E-state index contributed by atoms with van der Waals surface area (Å²) >= 11 is 0. The predicted molar refractivity (Wildman–Crippen MR) is 62.8 cm³/mol. The summed E-state index contributed by atoms with van der Waals surface area (Å²) in [6.45, 7) is 2.24. The maximum Gasteiger partial charge on any atom is 0.306 e. The number of esters is 1. The molecule has 0 bridgehead atoms. The first-order chi connectivity index (χ1) is 8.70. The third-order valence-electron chi connectivity index (χ3n) is 2.56. The van der Waals surface area contributed by atoms with Gasteiger partial charge in [0.25, 0.3) is 0 Å². The van der Waals surface area contributed by atoms with Gasteiger partial charge in [0.15, 0.2) is 17.3 Å². The third-order valence-corrected chi connectivity index (χ3v) is 2.56. The van der Waals surface area contributed by atoms with E-state index in [0.717, 1.165) is 0 Å². The molecule has 96 valence electrons. The lowest BCUT2D eigenvalue weighted by Gasteiger charge is -2.03. The minimum absolute atomic E-state index is 0.0983. The Morgan fingerprint density at radius 1 is 1.22 bits per heavy atom. The molecular formula is C13H14O5. The summed E-state index contributed by atoms with van der Waals surface area (Å²) in [7, 11) is 0. The molecule has 0 spiro atoms. The molecule has 1 aromatic carbocycles. The molecular weight excluding hydrogens is 236 g/mol. The second kappa shape index (κ2) is 5.53. The number of ether oxygens (including phenoxy) is 3. The lowest BCUT2D eigenvalue weighted by atomic mass is 10.1. The van der Waals surface area contributed by atoms with Crippen LogP contribution in [0.25, 0.3) is 0 Å². The Balaban J connectivity index is 1.95. The van der Waals surface area contributed by atoms with Gasteiger partial charge in [-0.3, -0.25) is 9.59 Å². The van der Waals surface area contributed by atoms with Crippen LogP contribution in [-0.4, -0.2) is 25.2 Å². The highest BCUT2D eigenvalue weighted by atomic mass is 16.7. The molecule has 0 amide bonds. The summed E-state index contributed by atoms with van der Waals surface area (Å²) in [4.78, 5) is 23.0. The first kappa shape index (κ1) is 12.4. The molecule has 0 saturated carbocycles. The first-order valence-electron chi connectivity index (χ1n) is 5.79. The van der Waals surface area contributed by atoms with Gasteiger partial charge in [-0.2, -0.15) is 0 Å². The molecule has 18 heavy (non-hydrogen) atoms. The van der Waals surface area contributed by atoms with Crippen molar-refractivity contribution in [2.45, 2.75) is 19.8 Å². The van der Waals surface area contributed by atoms with E-state index < -0.39 is 0 Å². The maximum atomic E-state index is 11.8.